The average Bonchev–Trinajstić information content (AvgIpc) is 3.22. The molecule has 2 heterocycles. The minimum absolute atomic E-state index is 0.000102. The summed E-state index contributed by atoms with van der Waals surface area (Å²) in [5.41, 5.74) is 1.10. The number of para-hydroxylation sites is 1. The van der Waals surface area contributed by atoms with Crippen molar-refractivity contribution >= 4 is 17.6 Å². The molecule has 0 aliphatic carbocycles. The van der Waals surface area contributed by atoms with Crippen LogP contribution in [0.5, 0.6) is 0 Å². The first-order valence-corrected chi connectivity index (χ1v) is 8.84. The summed E-state index contributed by atoms with van der Waals surface area (Å²) in [7, 11) is 0. The Hall–Kier alpha value is -2.24. The van der Waals surface area contributed by atoms with Crippen LogP contribution in [0.1, 0.15) is 25.7 Å². The second-order valence-electron chi connectivity index (χ2n) is 6.51. The van der Waals surface area contributed by atoms with Crippen LogP contribution >= 0.6 is 0 Å². The Morgan fingerprint density at radius 2 is 2.04 bits per heavy atom. The fraction of sp³-hybridized carbons (Fsp3) is 0.556. The maximum atomic E-state index is 12.2. The Labute approximate surface area is 143 Å². The number of rotatable bonds is 6. The van der Waals surface area contributed by atoms with Gasteiger partial charge < -0.3 is 20.4 Å². The summed E-state index contributed by atoms with van der Waals surface area (Å²) in [5, 5.41) is 6.44. The van der Waals surface area contributed by atoms with Gasteiger partial charge in [-0.1, -0.05) is 18.2 Å². The van der Waals surface area contributed by atoms with Crippen LogP contribution in [0.3, 0.4) is 0 Å². The molecule has 2 saturated heterocycles. The van der Waals surface area contributed by atoms with Gasteiger partial charge in [-0.2, -0.15) is 0 Å². The number of carbonyl (C=O) groups is 2. The lowest BCUT2D eigenvalue weighted by Crippen LogP contribution is -2.40. The minimum Gasteiger partial charge on any atom is -0.380 e. The largest absolute Gasteiger partial charge is 0.380 e. The van der Waals surface area contributed by atoms with E-state index in [9.17, 15) is 9.59 Å². The van der Waals surface area contributed by atoms with Gasteiger partial charge in [0.2, 0.25) is 5.91 Å². The predicted molar refractivity (Wildman–Crippen MR) is 93.9 cm³/mol. The first-order chi connectivity index (χ1) is 11.7. The summed E-state index contributed by atoms with van der Waals surface area (Å²) in [6, 6.07) is 10.4. The summed E-state index contributed by atoms with van der Waals surface area (Å²) in [6.45, 7) is 3.74. The zero-order chi connectivity index (χ0) is 16.8. The lowest BCUT2D eigenvalue weighted by Gasteiger charge is -2.19. The number of urea groups is 1. The zero-order valence-corrected chi connectivity index (χ0v) is 14.0. The fourth-order valence-electron chi connectivity index (χ4n) is 3.35. The van der Waals surface area contributed by atoms with Crippen LogP contribution in [0, 0.1) is 0 Å². The first kappa shape index (κ1) is 16.6. The lowest BCUT2D eigenvalue weighted by atomic mass is 10.2. The van der Waals surface area contributed by atoms with Crippen molar-refractivity contribution in [2.75, 3.05) is 38.0 Å². The van der Waals surface area contributed by atoms with E-state index in [2.05, 4.69) is 10.6 Å². The summed E-state index contributed by atoms with van der Waals surface area (Å²) in [4.78, 5) is 27.5. The molecule has 1 atom stereocenters. The molecule has 6 nitrogen and oxygen atoms in total. The van der Waals surface area contributed by atoms with Crippen molar-refractivity contribution in [3.8, 4) is 0 Å². The van der Waals surface area contributed by atoms with E-state index in [1.165, 1.54) is 0 Å². The fourth-order valence-corrected chi connectivity index (χ4v) is 3.35. The Balaban J connectivity index is 1.33. The number of amides is 3. The highest BCUT2D eigenvalue weighted by atomic mass is 16.2. The third-order valence-electron chi connectivity index (χ3n) is 4.67. The van der Waals surface area contributed by atoms with E-state index < -0.39 is 0 Å². The number of carbonyl (C=O) groups excluding carboxylic acids is 2. The summed E-state index contributed by atoms with van der Waals surface area (Å²) >= 11 is 0. The first-order valence-electron chi connectivity index (χ1n) is 8.84. The van der Waals surface area contributed by atoms with Gasteiger partial charge in [0.15, 0.2) is 0 Å². The normalized spacial score (nSPS) is 20.5. The Kier molecular flexibility index (Phi) is 5.56. The molecule has 2 N–H and O–H groups in total. The van der Waals surface area contributed by atoms with E-state index >= 15 is 0 Å². The van der Waals surface area contributed by atoms with Gasteiger partial charge in [0.25, 0.3) is 0 Å². The topological polar surface area (TPSA) is 64.7 Å². The van der Waals surface area contributed by atoms with Gasteiger partial charge in [0.1, 0.15) is 0 Å². The van der Waals surface area contributed by atoms with E-state index in [1.807, 2.05) is 40.1 Å². The van der Waals surface area contributed by atoms with Crippen molar-refractivity contribution in [2.45, 2.75) is 31.7 Å². The number of likely N-dealkylation sites (tertiary alicyclic amines) is 2. The van der Waals surface area contributed by atoms with E-state index in [1.54, 1.807) is 0 Å². The molecule has 0 bridgehead atoms. The van der Waals surface area contributed by atoms with E-state index in [4.69, 9.17) is 0 Å². The van der Waals surface area contributed by atoms with Gasteiger partial charge in [0.05, 0.1) is 0 Å². The molecule has 0 saturated carbocycles. The molecule has 0 spiro atoms. The van der Waals surface area contributed by atoms with E-state index in [0.717, 1.165) is 51.1 Å². The number of hydrogen-bond acceptors (Lipinski definition) is 3. The molecule has 2 aliphatic rings. The van der Waals surface area contributed by atoms with Gasteiger partial charge in [-0.05, 0) is 31.4 Å². The number of nitrogens with zero attached hydrogens (tertiary/aromatic N) is 2. The highest BCUT2D eigenvalue weighted by Gasteiger charge is 2.26. The van der Waals surface area contributed by atoms with Crippen LogP contribution in [0.15, 0.2) is 30.3 Å². The van der Waals surface area contributed by atoms with Gasteiger partial charge in [-0.25, -0.2) is 4.79 Å². The van der Waals surface area contributed by atoms with Gasteiger partial charge in [0, 0.05) is 50.9 Å². The van der Waals surface area contributed by atoms with Crippen molar-refractivity contribution in [2.24, 2.45) is 0 Å². The second-order valence-corrected chi connectivity index (χ2v) is 6.51. The van der Waals surface area contributed by atoms with Crippen molar-refractivity contribution in [3.05, 3.63) is 30.3 Å². The highest BCUT2D eigenvalue weighted by molar-refractivity contribution is 5.78. The maximum absolute atomic E-state index is 12.2. The van der Waals surface area contributed by atoms with Crippen LogP contribution in [-0.2, 0) is 4.79 Å². The molecule has 24 heavy (non-hydrogen) atoms. The van der Waals surface area contributed by atoms with E-state index in [0.29, 0.717) is 19.0 Å². The molecular formula is C18H26N4O2. The number of anilines is 1. The molecule has 130 valence electrons. The highest BCUT2D eigenvalue weighted by Crippen LogP contribution is 2.15. The van der Waals surface area contributed by atoms with Crippen molar-refractivity contribution < 1.29 is 9.59 Å². The smallest absolute Gasteiger partial charge is 0.317 e. The van der Waals surface area contributed by atoms with Crippen molar-refractivity contribution in [3.63, 3.8) is 0 Å². The molecule has 3 rings (SSSR count). The van der Waals surface area contributed by atoms with E-state index in [-0.39, 0.29) is 11.9 Å². The number of hydrogen-bond donors (Lipinski definition) is 2. The minimum atomic E-state index is 0.000102. The van der Waals surface area contributed by atoms with Crippen LogP contribution in [-0.4, -0.2) is 60.5 Å². The Bertz CT molecular complexity index is 563. The molecule has 3 amide bonds. The number of benzene rings is 1. The third kappa shape index (κ3) is 4.40. The molecule has 1 aromatic carbocycles. The van der Waals surface area contributed by atoms with Gasteiger partial charge in [-0.3, -0.25) is 4.79 Å². The molecule has 2 fully saturated rings. The molecule has 0 unspecified atom stereocenters. The Morgan fingerprint density at radius 1 is 1.21 bits per heavy atom. The quantitative estimate of drug-likeness (QED) is 0.783. The monoisotopic (exact) mass is 330 g/mol. The molecule has 6 heteroatoms. The average molecular weight is 330 g/mol. The van der Waals surface area contributed by atoms with Crippen LogP contribution in [0.4, 0.5) is 10.5 Å². The SMILES string of the molecule is O=C1CCCN1CCCNC(=O)N1CC[C@@H](Nc2ccccc2)C1. The van der Waals surface area contributed by atoms with Crippen LogP contribution in [0.25, 0.3) is 0 Å². The molecule has 0 radical (unpaired) electrons. The second kappa shape index (κ2) is 8.04. The lowest BCUT2D eigenvalue weighted by molar-refractivity contribution is -0.127. The summed E-state index contributed by atoms with van der Waals surface area (Å²) < 4.78 is 0. The number of nitrogens with one attached hydrogen (secondary N) is 2. The molecule has 0 aromatic heterocycles. The van der Waals surface area contributed by atoms with Gasteiger partial charge >= 0.3 is 6.03 Å². The molecule has 1 aromatic rings. The maximum Gasteiger partial charge on any atom is 0.317 e. The summed E-state index contributed by atoms with van der Waals surface area (Å²) in [6.07, 6.45) is 3.42. The predicted octanol–water partition coefficient (Wildman–Crippen LogP) is 1.89. The zero-order valence-electron chi connectivity index (χ0n) is 14.0. The standard InChI is InChI=1S/C18H26N4O2/c23-17-8-4-11-21(17)12-5-10-19-18(24)22-13-9-16(14-22)20-15-6-2-1-3-7-15/h1-3,6-7,16,20H,4-5,8-14H2,(H,19,24)/t16-/m1/s1. The van der Waals surface area contributed by atoms with Crippen LogP contribution < -0.4 is 10.6 Å². The Morgan fingerprint density at radius 3 is 2.79 bits per heavy atom. The third-order valence-corrected chi connectivity index (χ3v) is 4.67. The van der Waals surface area contributed by atoms with Crippen molar-refractivity contribution in [1.82, 2.24) is 15.1 Å². The molecule has 2 aliphatic heterocycles. The van der Waals surface area contributed by atoms with Crippen LogP contribution in [0.2, 0.25) is 0 Å². The van der Waals surface area contributed by atoms with Gasteiger partial charge in [-0.15, -0.1) is 0 Å². The molecular weight excluding hydrogens is 304 g/mol. The van der Waals surface area contributed by atoms with Crippen molar-refractivity contribution in [1.29, 1.82) is 0 Å². The summed E-state index contributed by atoms with van der Waals surface area (Å²) in [5.74, 6) is 0.246.